The van der Waals surface area contributed by atoms with Gasteiger partial charge in [0.05, 0.1) is 6.04 Å². The van der Waals surface area contributed by atoms with Gasteiger partial charge in [-0.25, -0.2) is 4.39 Å². The van der Waals surface area contributed by atoms with Crippen LogP contribution in [0.4, 0.5) is 4.39 Å². The molecule has 2 rings (SSSR count). The average Bonchev–Trinajstić information content (AvgIpc) is 2.60. The van der Waals surface area contributed by atoms with Crippen molar-refractivity contribution in [2.75, 3.05) is 6.61 Å². The SMILES string of the molecule is CC[C@@H](Oc1ccccc1F)C(=O)N[C@@H](C)COc1ccccc1C. The molecule has 134 valence electrons. The van der Waals surface area contributed by atoms with Crippen molar-refractivity contribution in [3.8, 4) is 11.5 Å². The van der Waals surface area contributed by atoms with E-state index in [4.69, 9.17) is 9.47 Å². The molecule has 2 aromatic carbocycles. The third kappa shape index (κ3) is 5.48. The summed E-state index contributed by atoms with van der Waals surface area (Å²) in [7, 11) is 0. The second-order valence-electron chi connectivity index (χ2n) is 5.93. The maximum Gasteiger partial charge on any atom is 0.261 e. The van der Waals surface area contributed by atoms with Gasteiger partial charge < -0.3 is 14.8 Å². The van der Waals surface area contributed by atoms with E-state index in [0.717, 1.165) is 11.3 Å². The predicted molar refractivity (Wildman–Crippen MR) is 95.4 cm³/mol. The quantitative estimate of drug-likeness (QED) is 0.790. The first-order chi connectivity index (χ1) is 12.0. The normalized spacial score (nSPS) is 13.0. The number of amides is 1. The Bertz CT molecular complexity index is 705. The van der Waals surface area contributed by atoms with Gasteiger partial charge in [0, 0.05) is 0 Å². The molecule has 1 amide bonds. The van der Waals surface area contributed by atoms with Crippen molar-refractivity contribution in [2.24, 2.45) is 0 Å². The van der Waals surface area contributed by atoms with E-state index in [1.54, 1.807) is 12.1 Å². The van der Waals surface area contributed by atoms with Crippen LogP contribution >= 0.6 is 0 Å². The number of rotatable bonds is 8. The Labute approximate surface area is 148 Å². The monoisotopic (exact) mass is 345 g/mol. The number of para-hydroxylation sites is 2. The Morgan fingerprint density at radius 1 is 1.12 bits per heavy atom. The van der Waals surface area contributed by atoms with Gasteiger partial charge in [-0.15, -0.1) is 0 Å². The van der Waals surface area contributed by atoms with Crippen molar-refractivity contribution in [2.45, 2.75) is 39.3 Å². The molecule has 0 fully saturated rings. The van der Waals surface area contributed by atoms with Crippen molar-refractivity contribution in [3.05, 3.63) is 59.9 Å². The summed E-state index contributed by atoms with van der Waals surface area (Å²) in [5, 5.41) is 2.85. The van der Waals surface area contributed by atoms with Crippen LogP contribution in [0.2, 0.25) is 0 Å². The molecular formula is C20H24FNO3. The molecule has 2 atom stereocenters. The van der Waals surface area contributed by atoms with Crippen LogP contribution < -0.4 is 14.8 Å². The molecule has 0 radical (unpaired) electrons. The predicted octanol–water partition coefficient (Wildman–Crippen LogP) is 3.88. The van der Waals surface area contributed by atoms with Gasteiger partial charge in [-0.05, 0) is 44.0 Å². The van der Waals surface area contributed by atoms with E-state index >= 15 is 0 Å². The van der Waals surface area contributed by atoms with Gasteiger partial charge in [-0.3, -0.25) is 4.79 Å². The van der Waals surface area contributed by atoms with Crippen molar-refractivity contribution in [1.29, 1.82) is 0 Å². The summed E-state index contributed by atoms with van der Waals surface area (Å²) in [6, 6.07) is 13.6. The minimum Gasteiger partial charge on any atom is -0.491 e. The molecule has 25 heavy (non-hydrogen) atoms. The summed E-state index contributed by atoms with van der Waals surface area (Å²) in [6.07, 6.45) is -0.316. The first-order valence-electron chi connectivity index (χ1n) is 8.41. The summed E-state index contributed by atoms with van der Waals surface area (Å²) in [5.74, 6) is 0.0999. The lowest BCUT2D eigenvalue weighted by Gasteiger charge is -2.21. The third-order valence-electron chi connectivity index (χ3n) is 3.74. The highest BCUT2D eigenvalue weighted by Gasteiger charge is 2.21. The van der Waals surface area contributed by atoms with Gasteiger partial charge in [0.1, 0.15) is 12.4 Å². The Kier molecular flexibility index (Phi) is 6.81. The molecule has 2 aromatic rings. The average molecular weight is 345 g/mol. The second-order valence-corrected chi connectivity index (χ2v) is 5.93. The van der Waals surface area contributed by atoms with Crippen molar-refractivity contribution in [1.82, 2.24) is 5.32 Å². The minimum atomic E-state index is -0.752. The topological polar surface area (TPSA) is 47.6 Å². The number of hydrogen-bond donors (Lipinski definition) is 1. The number of aryl methyl sites for hydroxylation is 1. The highest BCUT2D eigenvalue weighted by Crippen LogP contribution is 2.18. The molecule has 5 heteroatoms. The molecule has 4 nitrogen and oxygen atoms in total. The zero-order valence-electron chi connectivity index (χ0n) is 14.8. The number of halogens is 1. The van der Waals surface area contributed by atoms with E-state index < -0.39 is 11.9 Å². The van der Waals surface area contributed by atoms with Crippen molar-refractivity contribution >= 4 is 5.91 Å². The molecule has 0 saturated heterocycles. The number of hydrogen-bond acceptors (Lipinski definition) is 3. The maximum atomic E-state index is 13.7. The lowest BCUT2D eigenvalue weighted by atomic mass is 10.2. The van der Waals surface area contributed by atoms with E-state index in [1.807, 2.05) is 45.0 Å². The van der Waals surface area contributed by atoms with Gasteiger partial charge >= 0.3 is 0 Å². The molecule has 0 aliphatic carbocycles. The molecule has 0 heterocycles. The number of ether oxygens (including phenoxy) is 2. The first kappa shape index (κ1) is 18.8. The van der Waals surface area contributed by atoms with Crippen LogP contribution in [0.3, 0.4) is 0 Å². The maximum absolute atomic E-state index is 13.7. The molecule has 0 bridgehead atoms. The number of nitrogens with one attached hydrogen (secondary N) is 1. The van der Waals surface area contributed by atoms with Gasteiger partial charge in [0.2, 0.25) is 0 Å². The molecule has 0 aliphatic heterocycles. The van der Waals surface area contributed by atoms with Crippen LogP contribution in [-0.4, -0.2) is 24.7 Å². The van der Waals surface area contributed by atoms with Crippen LogP contribution in [0.25, 0.3) is 0 Å². The summed E-state index contributed by atoms with van der Waals surface area (Å²) in [5.41, 5.74) is 1.04. The summed E-state index contributed by atoms with van der Waals surface area (Å²) in [6.45, 7) is 5.98. The smallest absolute Gasteiger partial charge is 0.261 e. The van der Waals surface area contributed by atoms with E-state index in [0.29, 0.717) is 13.0 Å². The van der Waals surface area contributed by atoms with Crippen LogP contribution in [0.15, 0.2) is 48.5 Å². The first-order valence-corrected chi connectivity index (χ1v) is 8.41. The van der Waals surface area contributed by atoms with E-state index in [1.165, 1.54) is 12.1 Å². The van der Waals surface area contributed by atoms with Crippen LogP contribution in [0, 0.1) is 12.7 Å². The summed E-state index contributed by atoms with van der Waals surface area (Å²) >= 11 is 0. The third-order valence-corrected chi connectivity index (χ3v) is 3.74. The number of carbonyl (C=O) groups is 1. The Balaban J connectivity index is 1.88. The molecule has 1 N–H and O–H groups in total. The zero-order chi connectivity index (χ0) is 18.2. The fourth-order valence-corrected chi connectivity index (χ4v) is 2.33. The minimum absolute atomic E-state index is 0.0771. The molecule has 0 aromatic heterocycles. The summed E-state index contributed by atoms with van der Waals surface area (Å²) in [4.78, 5) is 12.4. The van der Waals surface area contributed by atoms with Gasteiger partial charge in [-0.1, -0.05) is 37.3 Å². The van der Waals surface area contributed by atoms with Crippen LogP contribution in [0.5, 0.6) is 11.5 Å². The summed E-state index contributed by atoms with van der Waals surface area (Å²) < 4.78 is 24.9. The fourth-order valence-electron chi connectivity index (χ4n) is 2.33. The Morgan fingerprint density at radius 2 is 1.76 bits per heavy atom. The van der Waals surface area contributed by atoms with Crippen LogP contribution in [-0.2, 0) is 4.79 Å². The van der Waals surface area contributed by atoms with Crippen molar-refractivity contribution in [3.63, 3.8) is 0 Å². The Morgan fingerprint density at radius 3 is 2.40 bits per heavy atom. The molecule has 0 saturated carbocycles. The molecule has 0 unspecified atom stereocenters. The Hall–Kier alpha value is -2.56. The van der Waals surface area contributed by atoms with Gasteiger partial charge in [0.25, 0.3) is 5.91 Å². The number of carbonyl (C=O) groups excluding carboxylic acids is 1. The molecule has 0 aliphatic rings. The van der Waals surface area contributed by atoms with E-state index in [9.17, 15) is 9.18 Å². The van der Waals surface area contributed by atoms with Gasteiger partial charge in [0.15, 0.2) is 17.7 Å². The second kappa shape index (κ2) is 9.06. The largest absolute Gasteiger partial charge is 0.491 e. The van der Waals surface area contributed by atoms with Gasteiger partial charge in [-0.2, -0.15) is 0 Å². The number of benzene rings is 2. The zero-order valence-corrected chi connectivity index (χ0v) is 14.8. The van der Waals surface area contributed by atoms with Crippen molar-refractivity contribution < 1.29 is 18.7 Å². The standard InChI is InChI=1S/C20H24FNO3/c1-4-17(25-19-12-8-6-10-16(19)21)20(23)22-15(3)13-24-18-11-7-5-9-14(18)2/h5-12,15,17H,4,13H2,1-3H3,(H,22,23)/t15-,17+/m0/s1. The molecule has 0 spiro atoms. The fraction of sp³-hybridized carbons (Fsp3) is 0.350. The molecular weight excluding hydrogens is 321 g/mol. The van der Waals surface area contributed by atoms with E-state index in [2.05, 4.69) is 5.32 Å². The lowest BCUT2D eigenvalue weighted by Crippen LogP contribution is -2.44. The lowest BCUT2D eigenvalue weighted by molar-refractivity contribution is -0.129. The highest BCUT2D eigenvalue weighted by molar-refractivity contribution is 5.81. The van der Waals surface area contributed by atoms with Crippen LogP contribution in [0.1, 0.15) is 25.8 Å². The van der Waals surface area contributed by atoms with E-state index in [-0.39, 0.29) is 17.7 Å². The highest BCUT2D eigenvalue weighted by atomic mass is 19.1.